The highest BCUT2D eigenvalue weighted by atomic mass is 35.5. The van der Waals surface area contributed by atoms with Crippen LogP contribution in [-0.2, 0) is 9.53 Å². The maximum atomic E-state index is 11.5. The lowest BCUT2D eigenvalue weighted by molar-refractivity contribution is -0.122. The third kappa shape index (κ3) is 5.16. The van der Waals surface area contributed by atoms with Crippen molar-refractivity contribution in [1.29, 1.82) is 0 Å². The first-order valence-corrected chi connectivity index (χ1v) is 6.16. The monoisotopic (exact) mass is 276 g/mol. The summed E-state index contributed by atoms with van der Waals surface area (Å²) >= 11 is 6.84. The summed E-state index contributed by atoms with van der Waals surface area (Å²) in [5.74, 6) is -0.625. The summed E-state index contributed by atoms with van der Waals surface area (Å²) in [5, 5.41) is 0. The van der Waals surface area contributed by atoms with E-state index in [9.17, 15) is 9.59 Å². The normalized spacial score (nSPS) is 10.0. The zero-order valence-electron chi connectivity index (χ0n) is 9.29. The van der Waals surface area contributed by atoms with Crippen LogP contribution in [-0.4, -0.2) is 25.5 Å². The number of methoxy groups -OCH3 is 1. The van der Waals surface area contributed by atoms with Crippen LogP contribution in [0.1, 0.15) is 22.5 Å². The summed E-state index contributed by atoms with van der Waals surface area (Å²) in [5.41, 5.74) is 4.63. The third-order valence-electron chi connectivity index (χ3n) is 1.86. The Morgan fingerprint density at radius 1 is 1.41 bits per heavy atom. The zero-order chi connectivity index (χ0) is 12.7. The minimum atomic E-state index is -0.373. The van der Waals surface area contributed by atoms with E-state index in [2.05, 4.69) is 10.9 Å². The van der Waals surface area contributed by atoms with Crippen molar-refractivity contribution in [3.8, 4) is 0 Å². The van der Waals surface area contributed by atoms with Gasteiger partial charge in [0.05, 0.1) is 9.21 Å². The van der Waals surface area contributed by atoms with E-state index >= 15 is 0 Å². The fourth-order valence-electron chi connectivity index (χ4n) is 1.06. The van der Waals surface area contributed by atoms with Crippen LogP contribution in [0, 0.1) is 0 Å². The van der Waals surface area contributed by atoms with Crippen LogP contribution in [0.5, 0.6) is 0 Å². The first-order valence-electron chi connectivity index (χ1n) is 4.97. The molecular formula is C10H13ClN2O3S. The van der Waals surface area contributed by atoms with Crippen LogP contribution >= 0.6 is 22.9 Å². The molecule has 0 fully saturated rings. The number of amides is 2. The Balaban J connectivity index is 2.26. The molecule has 0 aliphatic heterocycles. The van der Waals surface area contributed by atoms with E-state index in [-0.39, 0.29) is 11.8 Å². The Hall–Kier alpha value is -1.11. The second-order valence-corrected chi connectivity index (χ2v) is 4.92. The number of hydrogen-bond donors (Lipinski definition) is 2. The largest absolute Gasteiger partial charge is 0.385 e. The molecule has 0 unspecified atom stereocenters. The summed E-state index contributed by atoms with van der Waals surface area (Å²) in [6.07, 6.45) is 0.919. The van der Waals surface area contributed by atoms with Gasteiger partial charge in [0, 0.05) is 20.1 Å². The van der Waals surface area contributed by atoms with Crippen molar-refractivity contribution >= 4 is 34.8 Å². The van der Waals surface area contributed by atoms with E-state index in [1.54, 1.807) is 19.2 Å². The number of nitrogens with one attached hydrogen (secondary N) is 2. The number of carbonyl (C=O) groups excluding carboxylic acids is 2. The highest BCUT2D eigenvalue weighted by molar-refractivity contribution is 7.17. The molecule has 5 nitrogen and oxygen atoms in total. The standard InChI is InChI=1S/C10H13ClN2O3S/c1-16-6-2-3-9(14)12-13-10(15)7-4-5-8(11)17-7/h4-5H,2-3,6H2,1H3,(H,12,14)(H,13,15). The molecule has 2 N–H and O–H groups in total. The van der Waals surface area contributed by atoms with Crippen LogP contribution in [0.4, 0.5) is 0 Å². The number of rotatable bonds is 5. The van der Waals surface area contributed by atoms with Crippen LogP contribution < -0.4 is 10.9 Å². The third-order valence-corrected chi connectivity index (χ3v) is 3.09. The molecular weight excluding hydrogens is 264 g/mol. The molecule has 0 bridgehead atoms. The predicted molar refractivity (Wildman–Crippen MR) is 66.0 cm³/mol. The fourth-order valence-corrected chi connectivity index (χ4v) is 2.00. The second kappa shape index (κ2) is 7.26. The average Bonchev–Trinajstić information content (AvgIpc) is 2.73. The quantitative estimate of drug-likeness (QED) is 0.634. The van der Waals surface area contributed by atoms with Crippen molar-refractivity contribution < 1.29 is 14.3 Å². The van der Waals surface area contributed by atoms with Gasteiger partial charge >= 0.3 is 0 Å². The van der Waals surface area contributed by atoms with Gasteiger partial charge in [-0.05, 0) is 18.6 Å². The van der Waals surface area contributed by atoms with Gasteiger partial charge < -0.3 is 4.74 Å². The molecule has 0 aliphatic carbocycles. The molecule has 94 valence electrons. The maximum absolute atomic E-state index is 11.5. The Labute approximate surface area is 108 Å². The van der Waals surface area contributed by atoms with Gasteiger partial charge in [-0.2, -0.15) is 0 Å². The van der Waals surface area contributed by atoms with Gasteiger partial charge in [-0.25, -0.2) is 0 Å². The molecule has 0 aliphatic rings. The molecule has 1 heterocycles. The zero-order valence-corrected chi connectivity index (χ0v) is 10.9. The van der Waals surface area contributed by atoms with Crippen molar-refractivity contribution in [2.24, 2.45) is 0 Å². The van der Waals surface area contributed by atoms with Gasteiger partial charge in [-0.1, -0.05) is 11.6 Å². The molecule has 0 saturated heterocycles. The summed E-state index contributed by atoms with van der Waals surface area (Å²) in [7, 11) is 1.57. The Bertz CT molecular complexity index is 395. The Morgan fingerprint density at radius 3 is 2.76 bits per heavy atom. The number of thiophene rings is 1. The van der Waals surface area contributed by atoms with Gasteiger partial charge in [-0.15, -0.1) is 11.3 Å². The number of halogens is 1. The summed E-state index contributed by atoms with van der Waals surface area (Å²) in [4.78, 5) is 23.2. The van der Waals surface area contributed by atoms with Crippen LogP contribution in [0.15, 0.2) is 12.1 Å². The first kappa shape index (κ1) is 14.0. The average molecular weight is 277 g/mol. The number of hydrogen-bond acceptors (Lipinski definition) is 4. The van der Waals surface area contributed by atoms with E-state index in [4.69, 9.17) is 16.3 Å². The summed E-state index contributed by atoms with van der Waals surface area (Å²) in [6.45, 7) is 0.516. The molecule has 1 aromatic heterocycles. The van der Waals surface area contributed by atoms with Crippen LogP contribution in [0.25, 0.3) is 0 Å². The minimum absolute atomic E-state index is 0.252. The topological polar surface area (TPSA) is 67.4 Å². The molecule has 0 aromatic carbocycles. The first-order chi connectivity index (χ1) is 8.13. The second-order valence-electron chi connectivity index (χ2n) is 3.20. The molecule has 7 heteroatoms. The molecule has 2 amide bonds. The smallest absolute Gasteiger partial charge is 0.279 e. The summed E-state index contributed by atoms with van der Waals surface area (Å²) < 4.78 is 5.34. The molecule has 0 radical (unpaired) electrons. The SMILES string of the molecule is COCCCC(=O)NNC(=O)c1ccc(Cl)s1. The van der Waals surface area contributed by atoms with Crippen LogP contribution in [0.3, 0.4) is 0 Å². The lowest BCUT2D eigenvalue weighted by atomic mass is 10.3. The number of hydrazine groups is 1. The summed E-state index contributed by atoms with van der Waals surface area (Å²) in [6, 6.07) is 3.22. The van der Waals surface area contributed by atoms with Crippen molar-refractivity contribution in [1.82, 2.24) is 10.9 Å². The molecule has 1 aromatic rings. The molecule has 17 heavy (non-hydrogen) atoms. The van der Waals surface area contributed by atoms with Crippen molar-refractivity contribution in [3.05, 3.63) is 21.3 Å². The Morgan fingerprint density at radius 2 is 2.18 bits per heavy atom. The number of ether oxygens (including phenoxy) is 1. The van der Waals surface area contributed by atoms with Gasteiger partial charge in [0.1, 0.15) is 0 Å². The maximum Gasteiger partial charge on any atom is 0.279 e. The van der Waals surface area contributed by atoms with E-state index in [0.29, 0.717) is 28.7 Å². The van der Waals surface area contributed by atoms with E-state index in [1.807, 2.05) is 0 Å². The van der Waals surface area contributed by atoms with Crippen molar-refractivity contribution in [3.63, 3.8) is 0 Å². The van der Waals surface area contributed by atoms with E-state index < -0.39 is 0 Å². The Kier molecular flexibility index (Phi) is 5.96. The van der Waals surface area contributed by atoms with Crippen molar-refractivity contribution in [2.75, 3.05) is 13.7 Å². The van der Waals surface area contributed by atoms with Gasteiger partial charge in [-0.3, -0.25) is 20.4 Å². The molecule has 0 spiro atoms. The lowest BCUT2D eigenvalue weighted by Crippen LogP contribution is -2.41. The lowest BCUT2D eigenvalue weighted by Gasteiger charge is -2.05. The molecule has 0 saturated carbocycles. The van der Waals surface area contributed by atoms with Gasteiger partial charge in [0.15, 0.2) is 0 Å². The number of carbonyl (C=O) groups is 2. The molecule has 0 atom stereocenters. The van der Waals surface area contributed by atoms with Crippen molar-refractivity contribution in [2.45, 2.75) is 12.8 Å². The van der Waals surface area contributed by atoms with Gasteiger partial charge in [0.25, 0.3) is 5.91 Å². The van der Waals surface area contributed by atoms with Crippen LogP contribution in [0.2, 0.25) is 4.34 Å². The highest BCUT2D eigenvalue weighted by Crippen LogP contribution is 2.20. The predicted octanol–water partition coefficient (Wildman–Crippen LogP) is 1.59. The van der Waals surface area contributed by atoms with Gasteiger partial charge in [0.2, 0.25) is 5.91 Å². The van der Waals surface area contributed by atoms with E-state index in [1.165, 1.54) is 0 Å². The fraction of sp³-hybridized carbons (Fsp3) is 0.400. The van der Waals surface area contributed by atoms with E-state index in [0.717, 1.165) is 11.3 Å². The minimum Gasteiger partial charge on any atom is -0.385 e. The highest BCUT2D eigenvalue weighted by Gasteiger charge is 2.09. The molecule has 1 rings (SSSR count).